The summed E-state index contributed by atoms with van der Waals surface area (Å²) >= 11 is 2.92. The van der Waals surface area contributed by atoms with Crippen LogP contribution in [-0.4, -0.2) is 20.3 Å². The number of fused-ring (bicyclic) bond motifs is 1. The van der Waals surface area contributed by atoms with E-state index in [1.165, 1.54) is 21.8 Å². The third-order valence-electron chi connectivity index (χ3n) is 3.85. The number of thiazole rings is 2. The number of ether oxygens (including phenoxy) is 2. The minimum Gasteiger partial charge on any atom is -0.487 e. The van der Waals surface area contributed by atoms with Gasteiger partial charge in [-0.3, -0.25) is 9.20 Å². The zero-order valence-electron chi connectivity index (χ0n) is 14.8. The lowest BCUT2D eigenvalue weighted by atomic mass is 10.2. The Kier molecular flexibility index (Phi) is 5.18. The van der Waals surface area contributed by atoms with Crippen LogP contribution in [0.2, 0.25) is 0 Å². The highest BCUT2D eigenvalue weighted by molar-refractivity contribution is 7.15. The molecule has 28 heavy (non-hydrogen) atoms. The number of hydrogen-bond acceptors (Lipinski definition) is 8. The summed E-state index contributed by atoms with van der Waals surface area (Å²) in [6.07, 6.45) is 1.66. The first-order valence-electron chi connectivity index (χ1n) is 8.35. The summed E-state index contributed by atoms with van der Waals surface area (Å²) in [7, 11) is 0. The molecule has 7 nitrogen and oxygen atoms in total. The standard InChI is InChI=1S/C19H15N3O4S2/c1-12-20-15(11-28-12)10-25-16-4-2-13(3-5-16)18(24)26-9-14-8-17(23)22-6-7-27-19(22)21-14/h2-8,11H,9-10H2,1H3. The van der Waals surface area contributed by atoms with Crippen LogP contribution in [-0.2, 0) is 18.0 Å². The van der Waals surface area contributed by atoms with Crippen molar-refractivity contribution in [3.63, 3.8) is 0 Å². The van der Waals surface area contributed by atoms with Crippen LogP contribution in [0.5, 0.6) is 5.75 Å². The van der Waals surface area contributed by atoms with Gasteiger partial charge in [-0.25, -0.2) is 14.8 Å². The molecule has 0 N–H and O–H groups in total. The first-order valence-corrected chi connectivity index (χ1v) is 10.1. The smallest absolute Gasteiger partial charge is 0.338 e. The van der Waals surface area contributed by atoms with Crippen molar-refractivity contribution in [3.05, 3.63) is 79.6 Å². The average molecular weight is 413 g/mol. The highest BCUT2D eigenvalue weighted by Crippen LogP contribution is 2.16. The second-order valence-corrected chi connectivity index (χ2v) is 7.82. The molecule has 0 unspecified atom stereocenters. The molecule has 3 heterocycles. The van der Waals surface area contributed by atoms with Crippen LogP contribution >= 0.6 is 22.7 Å². The maximum Gasteiger partial charge on any atom is 0.338 e. The van der Waals surface area contributed by atoms with Gasteiger partial charge in [0.2, 0.25) is 0 Å². The van der Waals surface area contributed by atoms with Crippen molar-refractivity contribution in [2.75, 3.05) is 0 Å². The van der Waals surface area contributed by atoms with Crippen molar-refractivity contribution in [1.82, 2.24) is 14.4 Å². The van der Waals surface area contributed by atoms with Crippen molar-refractivity contribution in [2.45, 2.75) is 20.1 Å². The first kappa shape index (κ1) is 18.3. The summed E-state index contributed by atoms with van der Waals surface area (Å²) in [6.45, 7) is 2.25. The Morgan fingerprint density at radius 3 is 2.68 bits per heavy atom. The molecule has 0 aliphatic heterocycles. The predicted octanol–water partition coefficient (Wildman–Crippen LogP) is 3.46. The van der Waals surface area contributed by atoms with Gasteiger partial charge in [0.15, 0.2) is 4.96 Å². The molecule has 0 aliphatic carbocycles. The van der Waals surface area contributed by atoms with E-state index >= 15 is 0 Å². The topological polar surface area (TPSA) is 82.8 Å². The second kappa shape index (κ2) is 7.91. The van der Waals surface area contributed by atoms with Gasteiger partial charge < -0.3 is 9.47 Å². The molecule has 3 aromatic heterocycles. The number of nitrogens with zero attached hydrogens (tertiary/aromatic N) is 3. The molecule has 4 aromatic rings. The lowest BCUT2D eigenvalue weighted by Crippen LogP contribution is -2.14. The van der Waals surface area contributed by atoms with Crippen LogP contribution in [0.1, 0.15) is 26.8 Å². The third kappa shape index (κ3) is 4.10. The average Bonchev–Trinajstić information content (AvgIpc) is 3.34. The molecular formula is C19H15N3O4S2. The Labute approximate surface area is 167 Å². The maximum atomic E-state index is 12.2. The lowest BCUT2D eigenvalue weighted by molar-refractivity contribution is 0.0467. The van der Waals surface area contributed by atoms with Crippen molar-refractivity contribution >= 4 is 33.6 Å². The molecule has 142 valence electrons. The first-order chi connectivity index (χ1) is 13.6. The van der Waals surface area contributed by atoms with E-state index in [1.54, 1.807) is 47.2 Å². The van der Waals surface area contributed by atoms with Crippen LogP contribution in [0.25, 0.3) is 4.96 Å². The van der Waals surface area contributed by atoms with Crippen molar-refractivity contribution in [2.24, 2.45) is 0 Å². The van der Waals surface area contributed by atoms with Crippen LogP contribution in [0.4, 0.5) is 0 Å². The maximum absolute atomic E-state index is 12.2. The Morgan fingerprint density at radius 1 is 1.11 bits per heavy atom. The monoisotopic (exact) mass is 413 g/mol. The van der Waals surface area contributed by atoms with E-state index in [1.807, 2.05) is 12.3 Å². The summed E-state index contributed by atoms with van der Waals surface area (Å²) in [5.41, 5.74) is 1.48. The number of hydrogen-bond donors (Lipinski definition) is 0. The molecule has 0 bridgehead atoms. The van der Waals surface area contributed by atoms with E-state index in [0.29, 0.717) is 28.6 Å². The summed E-state index contributed by atoms with van der Waals surface area (Å²) in [6, 6.07) is 8.05. The van der Waals surface area contributed by atoms with Crippen molar-refractivity contribution in [1.29, 1.82) is 0 Å². The molecular weight excluding hydrogens is 398 g/mol. The van der Waals surface area contributed by atoms with Gasteiger partial charge in [-0.15, -0.1) is 22.7 Å². The summed E-state index contributed by atoms with van der Waals surface area (Å²) < 4.78 is 12.4. The van der Waals surface area contributed by atoms with Gasteiger partial charge in [-0.2, -0.15) is 0 Å². The zero-order valence-corrected chi connectivity index (χ0v) is 16.5. The van der Waals surface area contributed by atoms with Gasteiger partial charge in [0.05, 0.1) is 22.0 Å². The number of rotatable bonds is 6. The number of benzene rings is 1. The minimum absolute atomic E-state index is 0.0656. The van der Waals surface area contributed by atoms with Crippen LogP contribution in [0.3, 0.4) is 0 Å². The van der Waals surface area contributed by atoms with Crippen LogP contribution in [0.15, 0.2) is 52.1 Å². The van der Waals surface area contributed by atoms with Gasteiger partial charge >= 0.3 is 5.97 Å². The molecule has 0 fully saturated rings. The Bertz CT molecular complexity index is 1180. The summed E-state index contributed by atoms with van der Waals surface area (Å²) in [4.78, 5) is 33.4. The fourth-order valence-electron chi connectivity index (χ4n) is 2.50. The highest BCUT2D eigenvalue weighted by Gasteiger charge is 2.10. The molecule has 4 rings (SSSR count). The van der Waals surface area contributed by atoms with E-state index in [2.05, 4.69) is 9.97 Å². The fourth-order valence-corrected chi connectivity index (χ4v) is 3.84. The van der Waals surface area contributed by atoms with Gasteiger partial charge in [0.25, 0.3) is 5.56 Å². The molecule has 0 atom stereocenters. The molecule has 1 aromatic carbocycles. The summed E-state index contributed by atoms with van der Waals surface area (Å²) in [5, 5.41) is 4.72. The number of aromatic nitrogens is 3. The van der Waals surface area contributed by atoms with Gasteiger partial charge in [0, 0.05) is 23.0 Å². The van der Waals surface area contributed by atoms with Crippen molar-refractivity contribution < 1.29 is 14.3 Å². The molecule has 0 spiro atoms. The fraction of sp³-hybridized carbons (Fsp3) is 0.158. The normalized spacial score (nSPS) is 10.9. The van der Waals surface area contributed by atoms with Gasteiger partial charge in [0.1, 0.15) is 19.0 Å². The molecule has 0 aliphatic rings. The van der Waals surface area contributed by atoms with E-state index in [0.717, 1.165) is 10.7 Å². The van der Waals surface area contributed by atoms with Gasteiger partial charge in [-0.1, -0.05) is 0 Å². The Morgan fingerprint density at radius 2 is 1.93 bits per heavy atom. The third-order valence-corrected chi connectivity index (χ3v) is 5.43. The number of aryl methyl sites for hydroxylation is 1. The second-order valence-electron chi connectivity index (χ2n) is 5.89. The largest absolute Gasteiger partial charge is 0.487 e. The van der Waals surface area contributed by atoms with E-state index in [-0.39, 0.29) is 12.2 Å². The molecule has 0 radical (unpaired) electrons. The van der Waals surface area contributed by atoms with Crippen LogP contribution in [0, 0.1) is 6.92 Å². The zero-order chi connectivity index (χ0) is 19.5. The van der Waals surface area contributed by atoms with Crippen molar-refractivity contribution in [3.8, 4) is 5.75 Å². The van der Waals surface area contributed by atoms with E-state index < -0.39 is 5.97 Å². The highest BCUT2D eigenvalue weighted by atomic mass is 32.1. The minimum atomic E-state index is -0.491. The Balaban J connectivity index is 1.35. The SMILES string of the molecule is Cc1nc(COc2ccc(C(=O)OCc3cc(=O)n4ccsc4n3)cc2)cs1. The lowest BCUT2D eigenvalue weighted by Gasteiger charge is -2.07. The number of carbonyl (C=O) groups excluding carboxylic acids is 1. The number of carbonyl (C=O) groups is 1. The quantitative estimate of drug-likeness (QED) is 0.450. The Hall–Kier alpha value is -3.04. The predicted molar refractivity (Wildman–Crippen MR) is 106 cm³/mol. The summed E-state index contributed by atoms with van der Waals surface area (Å²) in [5.74, 6) is 0.148. The van der Waals surface area contributed by atoms with E-state index in [9.17, 15) is 9.59 Å². The molecule has 0 amide bonds. The van der Waals surface area contributed by atoms with Crippen LogP contribution < -0.4 is 10.3 Å². The molecule has 0 saturated carbocycles. The molecule has 0 saturated heterocycles. The molecule has 9 heteroatoms. The van der Waals surface area contributed by atoms with Gasteiger partial charge in [-0.05, 0) is 31.2 Å². The van der Waals surface area contributed by atoms with E-state index in [4.69, 9.17) is 9.47 Å². The number of esters is 1.